The molecule has 0 saturated heterocycles. The molecule has 0 heterocycles. The Morgan fingerprint density at radius 1 is 1.10 bits per heavy atom. The SMILES string of the molecule is COC(=O)c1ccc(CNC(C)c2ccc(C)cc2)cc1. The van der Waals surface area contributed by atoms with E-state index < -0.39 is 0 Å². The van der Waals surface area contributed by atoms with Crippen LogP contribution in [0, 0.1) is 6.92 Å². The van der Waals surface area contributed by atoms with Crippen LogP contribution < -0.4 is 5.32 Å². The quantitative estimate of drug-likeness (QED) is 0.852. The highest BCUT2D eigenvalue weighted by Crippen LogP contribution is 2.14. The number of benzene rings is 2. The number of nitrogens with one attached hydrogen (secondary N) is 1. The summed E-state index contributed by atoms with van der Waals surface area (Å²) in [6.45, 7) is 4.99. The number of esters is 1. The number of hydrogen-bond donors (Lipinski definition) is 1. The number of aryl methyl sites for hydroxylation is 1. The first-order valence-electron chi connectivity index (χ1n) is 7.07. The first-order valence-corrected chi connectivity index (χ1v) is 7.07. The predicted molar refractivity (Wildman–Crippen MR) is 84.2 cm³/mol. The van der Waals surface area contributed by atoms with Gasteiger partial charge >= 0.3 is 5.97 Å². The molecule has 0 aliphatic heterocycles. The van der Waals surface area contributed by atoms with E-state index in [0.717, 1.165) is 12.1 Å². The topological polar surface area (TPSA) is 38.3 Å². The summed E-state index contributed by atoms with van der Waals surface area (Å²) in [7, 11) is 1.39. The third kappa shape index (κ3) is 4.17. The van der Waals surface area contributed by atoms with Gasteiger partial charge in [-0.1, -0.05) is 42.0 Å². The molecule has 1 unspecified atom stereocenters. The van der Waals surface area contributed by atoms with Gasteiger partial charge in [-0.3, -0.25) is 0 Å². The van der Waals surface area contributed by atoms with Crippen molar-refractivity contribution >= 4 is 5.97 Å². The molecule has 0 aliphatic rings. The summed E-state index contributed by atoms with van der Waals surface area (Å²) in [6, 6.07) is 16.3. The molecule has 1 N–H and O–H groups in total. The Hall–Kier alpha value is -2.13. The zero-order chi connectivity index (χ0) is 15.2. The van der Waals surface area contributed by atoms with Crippen LogP contribution in [0.3, 0.4) is 0 Å². The summed E-state index contributed by atoms with van der Waals surface area (Å²) in [5, 5.41) is 3.48. The molecule has 21 heavy (non-hydrogen) atoms. The van der Waals surface area contributed by atoms with Crippen LogP contribution in [0.4, 0.5) is 0 Å². The van der Waals surface area contributed by atoms with E-state index in [4.69, 9.17) is 0 Å². The molecular formula is C18H21NO2. The predicted octanol–water partition coefficient (Wildman–Crippen LogP) is 3.63. The molecule has 0 amide bonds. The normalized spacial score (nSPS) is 12.0. The highest BCUT2D eigenvalue weighted by molar-refractivity contribution is 5.89. The van der Waals surface area contributed by atoms with Gasteiger partial charge in [0.1, 0.15) is 0 Å². The highest BCUT2D eigenvalue weighted by Gasteiger charge is 2.06. The fourth-order valence-electron chi connectivity index (χ4n) is 2.12. The van der Waals surface area contributed by atoms with Gasteiger partial charge in [0.15, 0.2) is 0 Å². The van der Waals surface area contributed by atoms with E-state index in [0.29, 0.717) is 5.56 Å². The van der Waals surface area contributed by atoms with E-state index >= 15 is 0 Å². The molecule has 0 fully saturated rings. The number of rotatable bonds is 5. The Balaban J connectivity index is 1.93. The van der Waals surface area contributed by atoms with Gasteiger partial charge in [0.25, 0.3) is 0 Å². The van der Waals surface area contributed by atoms with Gasteiger partial charge in [-0.25, -0.2) is 4.79 Å². The summed E-state index contributed by atoms with van der Waals surface area (Å²) in [5.74, 6) is -0.303. The van der Waals surface area contributed by atoms with Crippen LogP contribution in [0.2, 0.25) is 0 Å². The molecule has 0 bridgehead atoms. The fourth-order valence-corrected chi connectivity index (χ4v) is 2.12. The van der Waals surface area contributed by atoms with Crippen molar-refractivity contribution in [2.75, 3.05) is 7.11 Å². The first kappa shape index (κ1) is 15.3. The van der Waals surface area contributed by atoms with Crippen LogP contribution in [0.5, 0.6) is 0 Å². The van der Waals surface area contributed by atoms with E-state index in [1.807, 2.05) is 12.1 Å². The standard InChI is InChI=1S/C18H21NO2/c1-13-4-8-16(9-5-13)14(2)19-12-15-6-10-17(11-7-15)18(20)21-3/h4-11,14,19H,12H2,1-3H3. The molecule has 0 radical (unpaired) electrons. The Kier molecular flexibility index (Phi) is 5.12. The molecule has 0 spiro atoms. The van der Waals surface area contributed by atoms with Crippen LogP contribution in [-0.2, 0) is 11.3 Å². The molecule has 1 atom stereocenters. The van der Waals surface area contributed by atoms with E-state index in [9.17, 15) is 4.79 Å². The Morgan fingerprint density at radius 2 is 1.71 bits per heavy atom. The monoisotopic (exact) mass is 283 g/mol. The Bertz CT molecular complexity index is 588. The average molecular weight is 283 g/mol. The lowest BCUT2D eigenvalue weighted by atomic mass is 10.1. The minimum Gasteiger partial charge on any atom is -0.465 e. The number of carbonyl (C=O) groups is 1. The Morgan fingerprint density at radius 3 is 2.29 bits per heavy atom. The average Bonchev–Trinajstić information content (AvgIpc) is 2.53. The van der Waals surface area contributed by atoms with Gasteiger partial charge < -0.3 is 10.1 Å². The number of carbonyl (C=O) groups excluding carboxylic acids is 1. The maximum absolute atomic E-state index is 11.4. The summed E-state index contributed by atoms with van der Waals surface area (Å²) in [4.78, 5) is 11.4. The van der Waals surface area contributed by atoms with Crippen LogP contribution in [0.15, 0.2) is 48.5 Å². The van der Waals surface area contributed by atoms with Crippen molar-refractivity contribution in [1.29, 1.82) is 0 Å². The van der Waals surface area contributed by atoms with Crippen molar-refractivity contribution in [3.8, 4) is 0 Å². The zero-order valence-electron chi connectivity index (χ0n) is 12.7. The second kappa shape index (κ2) is 7.04. The largest absolute Gasteiger partial charge is 0.465 e. The number of ether oxygens (including phenoxy) is 1. The minimum absolute atomic E-state index is 0.283. The second-order valence-electron chi connectivity index (χ2n) is 5.20. The molecule has 2 aromatic carbocycles. The molecule has 0 aromatic heterocycles. The Labute approximate surface area is 126 Å². The third-order valence-corrected chi connectivity index (χ3v) is 3.56. The molecule has 2 rings (SSSR count). The summed E-state index contributed by atoms with van der Waals surface area (Å²) in [5.41, 5.74) is 4.26. The van der Waals surface area contributed by atoms with Gasteiger partial charge in [-0.2, -0.15) is 0 Å². The lowest BCUT2D eigenvalue weighted by molar-refractivity contribution is 0.0600. The van der Waals surface area contributed by atoms with Crippen LogP contribution in [0.25, 0.3) is 0 Å². The molecule has 110 valence electrons. The van der Waals surface area contributed by atoms with Gasteiger partial charge in [0.05, 0.1) is 12.7 Å². The first-order chi connectivity index (χ1) is 10.1. The molecule has 3 heteroatoms. The lowest BCUT2D eigenvalue weighted by Gasteiger charge is -2.14. The van der Waals surface area contributed by atoms with Gasteiger partial charge in [0, 0.05) is 12.6 Å². The molecule has 2 aromatic rings. The third-order valence-electron chi connectivity index (χ3n) is 3.56. The van der Waals surface area contributed by atoms with Crippen LogP contribution in [-0.4, -0.2) is 13.1 Å². The van der Waals surface area contributed by atoms with Crippen molar-refractivity contribution < 1.29 is 9.53 Å². The van der Waals surface area contributed by atoms with Crippen molar-refractivity contribution in [2.24, 2.45) is 0 Å². The van der Waals surface area contributed by atoms with Gasteiger partial charge in [-0.15, -0.1) is 0 Å². The summed E-state index contributed by atoms with van der Waals surface area (Å²) >= 11 is 0. The summed E-state index contributed by atoms with van der Waals surface area (Å²) < 4.78 is 4.69. The minimum atomic E-state index is -0.303. The molecule has 0 saturated carbocycles. The van der Waals surface area contributed by atoms with E-state index in [2.05, 4.69) is 48.2 Å². The number of methoxy groups -OCH3 is 1. The molecule has 3 nitrogen and oxygen atoms in total. The van der Waals surface area contributed by atoms with Crippen molar-refractivity contribution in [3.05, 3.63) is 70.8 Å². The van der Waals surface area contributed by atoms with Crippen molar-refractivity contribution in [3.63, 3.8) is 0 Å². The zero-order valence-corrected chi connectivity index (χ0v) is 12.7. The molecular weight excluding hydrogens is 262 g/mol. The fraction of sp³-hybridized carbons (Fsp3) is 0.278. The van der Waals surface area contributed by atoms with Crippen LogP contribution in [0.1, 0.15) is 40.0 Å². The highest BCUT2D eigenvalue weighted by atomic mass is 16.5. The van der Waals surface area contributed by atoms with Crippen molar-refractivity contribution in [2.45, 2.75) is 26.4 Å². The number of hydrogen-bond acceptors (Lipinski definition) is 3. The van der Waals surface area contributed by atoms with Gasteiger partial charge in [-0.05, 0) is 37.1 Å². The van der Waals surface area contributed by atoms with E-state index in [1.54, 1.807) is 12.1 Å². The van der Waals surface area contributed by atoms with Crippen molar-refractivity contribution in [1.82, 2.24) is 5.32 Å². The van der Waals surface area contributed by atoms with E-state index in [-0.39, 0.29) is 12.0 Å². The lowest BCUT2D eigenvalue weighted by Crippen LogP contribution is -2.18. The van der Waals surface area contributed by atoms with Gasteiger partial charge in [0.2, 0.25) is 0 Å². The van der Waals surface area contributed by atoms with E-state index in [1.165, 1.54) is 18.2 Å². The smallest absolute Gasteiger partial charge is 0.337 e. The maximum atomic E-state index is 11.4. The summed E-state index contributed by atoms with van der Waals surface area (Å²) in [6.07, 6.45) is 0. The van der Waals surface area contributed by atoms with Crippen LogP contribution >= 0.6 is 0 Å². The maximum Gasteiger partial charge on any atom is 0.337 e. The molecule has 0 aliphatic carbocycles. The second-order valence-corrected chi connectivity index (χ2v) is 5.20.